The number of benzene rings is 1. The van der Waals surface area contributed by atoms with Crippen molar-refractivity contribution in [1.82, 2.24) is 9.88 Å². The van der Waals surface area contributed by atoms with E-state index in [1.807, 2.05) is 0 Å². The molecule has 0 bridgehead atoms. The van der Waals surface area contributed by atoms with Gasteiger partial charge in [0.2, 0.25) is 0 Å². The number of alkyl halides is 3. The van der Waals surface area contributed by atoms with E-state index in [4.69, 9.17) is 11.6 Å². The lowest BCUT2D eigenvalue weighted by Gasteiger charge is -2.32. The monoisotopic (exact) mass is 382 g/mol. The van der Waals surface area contributed by atoms with Crippen molar-refractivity contribution < 1.29 is 13.2 Å². The van der Waals surface area contributed by atoms with Crippen LogP contribution < -0.4 is 5.32 Å². The van der Waals surface area contributed by atoms with Crippen LogP contribution in [-0.4, -0.2) is 42.2 Å². The van der Waals surface area contributed by atoms with Gasteiger partial charge in [0, 0.05) is 17.0 Å². The highest BCUT2D eigenvalue weighted by Crippen LogP contribution is 2.25. The number of nitriles is 1. The van der Waals surface area contributed by atoms with Gasteiger partial charge in [0.05, 0.1) is 23.7 Å². The smallest absolute Gasteiger partial charge is 0.370 e. The lowest BCUT2D eigenvalue weighted by molar-refractivity contribution is -0.148. The number of pyridine rings is 1. The summed E-state index contributed by atoms with van der Waals surface area (Å²) in [5.41, 5.74) is 1.16. The molecule has 0 spiro atoms. The molecule has 3 rings (SSSR count). The summed E-state index contributed by atoms with van der Waals surface area (Å²) >= 11 is 5.97. The first kappa shape index (κ1) is 18.7. The second-order valence-corrected chi connectivity index (χ2v) is 6.98. The summed E-state index contributed by atoms with van der Waals surface area (Å²) in [6, 6.07) is 9.02. The summed E-state index contributed by atoms with van der Waals surface area (Å²) in [6.45, 7) is 0.669. The first-order chi connectivity index (χ1) is 12.3. The number of hydrogen-bond donors (Lipinski definition) is 1. The average Bonchev–Trinajstić information content (AvgIpc) is 2.59. The zero-order valence-electron chi connectivity index (χ0n) is 14.0. The lowest BCUT2D eigenvalue weighted by Crippen LogP contribution is -2.41. The summed E-state index contributed by atoms with van der Waals surface area (Å²) in [5.74, 6) is 0.877. The molecule has 1 N–H and O–H groups in total. The molecule has 4 nitrogen and oxygen atoms in total. The van der Waals surface area contributed by atoms with Gasteiger partial charge in [0.1, 0.15) is 5.82 Å². The summed E-state index contributed by atoms with van der Waals surface area (Å²) in [5, 5.41) is 13.8. The average molecular weight is 383 g/mol. The molecule has 2 heterocycles. The number of likely N-dealkylation sites (tertiary alicyclic amines) is 1. The number of aromatic nitrogens is 1. The molecule has 1 aromatic heterocycles. The summed E-state index contributed by atoms with van der Waals surface area (Å²) < 4.78 is 37.3. The van der Waals surface area contributed by atoms with Gasteiger partial charge >= 0.3 is 6.18 Å². The van der Waals surface area contributed by atoms with Crippen molar-refractivity contribution >= 4 is 28.3 Å². The van der Waals surface area contributed by atoms with Crippen molar-refractivity contribution in [2.24, 2.45) is 5.92 Å². The highest BCUT2D eigenvalue weighted by Gasteiger charge is 2.32. The number of rotatable bonds is 4. The molecule has 0 radical (unpaired) electrons. The summed E-state index contributed by atoms with van der Waals surface area (Å²) in [7, 11) is 0. The Bertz CT molecular complexity index is 824. The molecule has 138 valence electrons. The molecule has 0 saturated carbocycles. The third-order valence-electron chi connectivity index (χ3n) is 4.57. The van der Waals surface area contributed by atoms with Crippen LogP contribution in [0, 0.1) is 17.2 Å². The maximum absolute atomic E-state index is 12.4. The fourth-order valence-corrected chi connectivity index (χ4v) is 3.40. The van der Waals surface area contributed by atoms with Crippen LogP contribution in [0.25, 0.3) is 10.9 Å². The van der Waals surface area contributed by atoms with Crippen LogP contribution >= 0.6 is 11.6 Å². The molecule has 0 atom stereocenters. The predicted octanol–water partition coefficient (Wildman–Crippen LogP) is 4.45. The van der Waals surface area contributed by atoms with Crippen molar-refractivity contribution in [2.75, 3.05) is 31.5 Å². The summed E-state index contributed by atoms with van der Waals surface area (Å²) in [4.78, 5) is 5.94. The van der Waals surface area contributed by atoms with E-state index < -0.39 is 12.7 Å². The van der Waals surface area contributed by atoms with Gasteiger partial charge in [-0.25, -0.2) is 4.98 Å². The lowest BCUT2D eigenvalue weighted by atomic mass is 9.97. The van der Waals surface area contributed by atoms with Gasteiger partial charge in [-0.2, -0.15) is 18.4 Å². The SMILES string of the molecule is N#Cc1cc(NCC2CCN(CC(F)(F)F)CC2)nc2ccc(Cl)cc12. The number of fused-ring (bicyclic) bond motifs is 1. The number of nitrogens with one attached hydrogen (secondary N) is 1. The first-order valence-electron chi connectivity index (χ1n) is 8.37. The molecule has 0 aliphatic carbocycles. The number of hydrogen-bond acceptors (Lipinski definition) is 4. The van der Waals surface area contributed by atoms with Crippen molar-refractivity contribution in [3.63, 3.8) is 0 Å². The zero-order chi connectivity index (χ0) is 18.7. The number of anilines is 1. The molecule has 0 unspecified atom stereocenters. The molecule has 1 aliphatic rings. The summed E-state index contributed by atoms with van der Waals surface area (Å²) in [6.07, 6.45) is -2.73. The van der Waals surface area contributed by atoms with E-state index in [0.717, 1.165) is 0 Å². The second kappa shape index (κ2) is 7.68. The Morgan fingerprint density at radius 2 is 2.00 bits per heavy atom. The Kier molecular flexibility index (Phi) is 5.54. The maximum atomic E-state index is 12.4. The topological polar surface area (TPSA) is 52.0 Å². The minimum absolute atomic E-state index is 0.285. The Morgan fingerprint density at radius 1 is 1.27 bits per heavy atom. The van der Waals surface area contributed by atoms with Crippen LogP contribution in [0.15, 0.2) is 24.3 Å². The molecule has 1 aliphatic heterocycles. The van der Waals surface area contributed by atoms with Crippen molar-refractivity contribution in [3.8, 4) is 6.07 Å². The van der Waals surface area contributed by atoms with Gasteiger partial charge in [-0.3, -0.25) is 4.90 Å². The van der Waals surface area contributed by atoms with Gasteiger partial charge in [-0.1, -0.05) is 11.6 Å². The van der Waals surface area contributed by atoms with E-state index in [9.17, 15) is 18.4 Å². The van der Waals surface area contributed by atoms with Crippen molar-refractivity contribution in [1.29, 1.82) is 5.26 Å². The van der Waals surface area contributed by atoms with E-state index in [-0.39, 0.29) is 5.92 Å². The van der Waals surface area contributed by atoms with Crippen LogP contribution in [-0.2, 0) is 0 Å². The van der Waals surface area contributed by atoms with E-state index in [1.165, 1.54) is 4.90 Å². The maximum Gasteiger partial charge on any atom is 0.401 e. The molecular formula is C18H18ClF3N4. The van der Waals surface area contributed by atoms with E-state index in [1.54, 1.807) is 24.3 Å². The van der Waals surface area contributed by atoms with Gasteiger partial charge in [-0.05, 0) is 56.1 Å². The molecule has 2 aromatic rings. The number of halogens is 4. The van der Waals surface area contributed by atoms with Gasteiger partial charge in [0.25, 0.3) is 0 Å². The minimum Gasteiger partial charge on any atom is -0.370 e. The fraction of sp³-hybridized carbons (Fsp3) is 0.444. The highest BCUT2D eigenvalue weighted by atomic mass is 35.5. The molecule has 26 heavy (non-hydrogen) atoms. The molecule has 8 heteroatoms. The standard InChI is InChI=1S/C18H18ClF3N4/c19-14-1-2-16-15(8-14)13(9-23)7-17(25-16)24-10-12-3-5-26(6-4-12)11-18(20,21)22/h1-2,7-8,12H,3-6,10-11H2,(H,24,25). The van der Waals surface area contributed by atoms with Gasteiger partial charge in [0.15, 0.2) is 0 Å². The third-order valence-corrected chi connectivity index (χ3v) is 4.81. The Morgan fingerprint density at radius 3 is 2.65 bits per heavy atom. The molecule has 1 saturated heterocycles. The van der Waals surface area contributed by atoms with E-state index in [2.05, 4.69) is 16.4 Å². The Hall–Kier alpha value is -2.04. The quantitative estimate of drug-likeness (QED) is 0.849. The van der Waals surface area contributed by atoms with Crippen LogP contribution in [0.2, 0.25) is 5.02 Å². The van der Waals surface area contributed by atoms with Crippen molar-refractivity contribution in [3.05, 3.63) is 34.9 Å². The number of nitrogens with zero attached hydrogens (tertiary/aromatic N) is 3. The fourth-order valence-electron chi connectivity index (χ4n) is 3.23. The van der Waals surface area contributed by atoms with Crippen molar-refractivity contribution in [2.45, 2.75) is 19.0 Å². The second-order valence-electron chi connectivity index (χ2n) is 6.54. The molecule has 1 fully saturated rings. The predicted molar refractivity (Wildman–Crippen MR) is 95.2 cm³/mol. The van der Waals surface area contributed by atoms with Gasteiger partial charge in [-0.15, -0.1) is 0 Å². The molecule has 0 amide bonds. The van der Waals surface area contributed by atoms with Crippen LogP contribution in [0.3, 0.4) is 0 Å². The zero-order valence-corrected chi connectivity index (χ0v) is 14.7. The van der Waals surface area contributed by atoms with Crippen LogP contribution in [0.5, 0.6) is 0 Å². The molecule has 1 aromatic carbocycles. The van der Waals surface area contributed by atoms with Crippen LogP contribution in [0.4, 0.5) is 19.0 Å². The third kappa shape index (κ3) is 4.77. The van der Waals surface area contributed by atoms with Gasteiger partial charge < -0.3 is 5.32 Å². The largest absolute Gasteiger partial charge is 0.401 e. The first-order valence-corrected chi connectivity index (χ1v) is 8.75. The highest BCUT2D eigenvalue weighted by molar-refractivity contribution is 6.31. The van der Waals surface area contributed by atoms with E-state index >= 15 is 0 Å². The number of piperidine rings is 1. The van der Waals surface area contributed by atoms with E-state index in [0.29, 0.717) is 59.8 Å². The minimum atomic E-state index is -4.14. The Labute approximate surface area is 154 Å². The molecular weight excluding hydrogens is 365 g/mol. The normalized spacial score (nSPS) is 16.6. The van der Waals surface area contributed by atoms with Crippen LogP contribution in [0.1, 0.15) is 18.4 Å². The Balaban J connectivity index is 1.61.